The molecule has 0 spiro atoms. The molecule has 1 aromatic heterocycles. The van der Waals surface area contributed by atoms with Gasteiger partial charge in [0.1, 0.15) is 37.1 Å². The van der Waals surface area contributed by atoms with Crippen molar-refractivity contribution < 1.29 is 28.8 Å². The predicted molar refractivity (Wildman–Crippen MR) is 171 cm³/mol. The molecule has 5 atom stereocenters. The lowest BCUT2D eigenvalue weighted by Crippen LogP contribution is -2.64. The van der Waals surface area contributed by atoms with E-state index in [2.05, 4.69) is 16.0 Å². The molecule has 4 rings (SSSR count). The van der Waals surface area contributed by atoms with E-state index >= 15 is 0 Å². The number of fused-ring (bicyclic) bond motifs is 2. The summed E-state index contributed by atoms with van der Waals surface area (Å²) in [6, 6.07) is 4.20. The van der Waals surface area contributed by atoms with E-state index in [1.807, 2.05) is 45.0 Å². The van der Waals surface area contributed by atoms with Crippen molar-refractivity contribution in [2.24, 2.45) is 5.92 Å². The molecule has 11 heteroatoms. The summed E-state index contributed by atoms with van der Waals surface area (Å²) in [4.78, 5) is 74.5. The highest BCUT2D eigenvalue weighted by atomic mass is 16.6. The van der Waals surface area contributed by atoms with Gasteiger partial charge < -0.3 is 25.7 Å². The van der Waals surface area contributed by atoms with E-state index in [1.165, 1.54) is 0 Å². The van der Waals surface area contributed by atoms with Crippen LogP contribution in [0.3, 0.4) is 0 Å². The summed E-state index contributed by atoms with van der Waals surface area (Å²) in [6.45, 7) is 6.14. The maximum Gasteiger partial charge on any atom is 0.246 e. The molecule has 4 amide bonds. The molecule has 0 aliphatic carbocycles. The number of nitrogens with zero attached hydrogens (tertiary/aromatic N) is 2. The number of piperidine rings is 1. The van der Waals surface area contributed by atoms with Crippen LogP contribution >= 0.6 is 0 Å². The quantitative estimate of drug-likeness (QED) is 0.311. The summed E-state index contributed by atoms with van der Waals surface area (Å²) in [7, 11) is 1.56. The second-order valence-corrected chi connectivity index (χ2v) is 12.4. The van der Waals surface area contributed by atoms with Crippen LogP contribution in [0.5, 0.6) is 0 Å². The number of hydrogen-bond donors (Lipinski definition) is 3. The largest absolute Gasteiger partial charge is 0.417 e. The van der Waals surface area contributed by atoms with Gasteiger partial charge in [0.2, 0.25) is 23.6 Å². The molecule has 2 saturated heterocycles. The number of unbranched alkanes of at least 4 members (excludes halogenated alkanes) is 2. The highest BCUT2D eigenvalue weighted by molar-refractivity contribution is 5.98. The number of nitrogens with one attached hydrogen (secondary N) is 3. The molecule has 1 unspecified atom stereocenters. The number of amides is 4. The Morgan fingerprint density at radius 3 is 2.42 bits per heavy atom. The second-order valence-electron chi connectivity index (χ2n) is 12.4. The second kappa shape index (κ2) is 15.9. The number of hydrogen-bond acceptors (Lipinski definition) is 6. The van der Waals surface area contributed by atoms with Crippen LogP contribution in [0.4, 0.5) is 0 Å². The predicted octanol–water partition coefficient (Wildman–Crippen LogP) is 3.07. The molecule has 0 bridgehead atoms. The van der Waals surface area contributed by atoms with Crippen LogP contribution in [0.15, 0.2) is 30.5 Å². The van der Waals surface area contributed by atoms with Gasteiger partial charge in [0.05, 0.1) is 5.52 Å². The van der Waals surface area contributed by atoms with Crippen molar-refractivity contribution in [1.29, 1.82) is 0 Å². The number of aromatic nitrogens is 1. The molecule has 2 aromatic rings. The maximum absolute atomic E-state index is 14.0. The Hall–Kier alpha value is -3.89. The van der Waals surface area contributed by atoms with Crippen LogP contribution in [-0.2, 0) is 30.4 Å². The van der Waals surface area contributed by atoms with E-state index in [4.69, 9.17) is 4.84 Å². The van der Waals surface area contributed by atoms with Gasteiger partial charge in [0.25, 0.3) is 0 Å². The van der Waals surface area contributed by atoms with Crippen LogP contribution in [0.1, 0.15) is 90.5 Å². The number of rotatable bonds is 12. The maximum atomic E-state index is 14.0. The van der Waals surface area contributed by atoms with Gasteiger partial charge in [0.15, 0.2) is 0 Å². The minimum Gasteiger partial charge on any atom is -0.417 e. The Bertz CT molecular complexity index is 1370. The molecule has 2 aliphatic rings. The molecule has 3 N–H and O–H groups in total. The third-order valence-corrected chi connectivity index (χ3v) is 9.36. The minimum absolute atomic E-state index is 0.155. The van der Waals surface area contributed by atoms with Gasteiger partial charge >= 0.3 is 0 Å². The third kappa shape index (κ3) is 8.23. The highest BCUT2D eigenvalue weighted by Gasteiger charge is 2.40. The summed E-state index contributed by atoms with van der Waals surface area (Å²) < 4.78 is 1.62. The Balaban J connectivity index is 1.66. The van der Waals surface area contributed by atoms with Crippen molar-refractivity contribution in [2.45, 2.75) is 116 Å². The Kier molecular flexibility index (Phi) is 12.0. The summed E-state index contributed by atoms with van der Waals surface area (Å²) >= 11 is 0. The number of benzene rings is 1. The van der Waals surface area contributed by atoms with Gasteiger partial charge in [-0.05, 0) is 49.7 Å². The summed E-state index contributed by atoms with van der Waals surface area (Å²) in [5.41, 5.74) is 1.62. The van der Waals surface area contributed by atoms with Gasteiger partial charge in [-0.25, -0.2) is 0 Å². The van der Waals surface area contributed by atoms with Gasteiger partial charge in [-0.2, -0.15) is 4.73 Å². The summed E-state index contributed by atoms with van der Waals surface area (Å²) in [5.74, 6) is -1.50. The SMILES string of the molecule is CCC(=O)CCCCC[C@@H]1NC(=O)[C@H]2CCCCN2C(=O)C([C@@H](C)CC)NC(=O)[C@H](Cc2cn(OC)c3ccccc23)NC1=O. The Morgan fingerprint density at radius 2 is 1.69 bits per heavy atom. The Morgan fingerprint density at radius 1 is 0.956 bits per heavy atom. The minimum atomic E-state index is -1.01. The lowest BCUT2D eigenvalue weighted by atomic mass is 9.93. The third-order valence-electron chi connectivity index (χ3n) is 9.36. The first-order valence-electron chi connectivity index (χ1n) is 16.5. The standard InChI is InChI=1S/C34H49N5O6/c1-5-22(3)30-34(44)38-19-13-12-18-29(38)33(43)35-26(16-9-7-8-14-24(40)6-2)31(41)36-27(32(42)37-30)20-23-21-39(45-4)28-17-11-10-15-25(23)28/h10-11,15,17,21-22,26-27,29-30H,5-9,12-14,16,18-20H2,1-4H3,(H,35,43)(H,36,41)(H,37,42)/t22-,26-,27-,29+,30?/m0/s1. The van der Waals surface area contributed by atoms with Crippen molar-refractivity contribution in [3.63, 3.8) is 0 Å². The number of ketones is 1. The normalized spacial score (nSPS) is 23.7. The monoisotopic (exact) mass is 623 g/mol. The van der Waals surface area contributed by atoms with E-state index in [-0.39, 0.29) is 29.9 Å². The van der Waals surface area contributed by atoms with Gasteiger partial charge in [0, 0.05) is 37.4 Å². The van der Waals surface area contributed by atoms with Gasteiger partial charge in [-0.1, -0.05) is 58.2 Å². The zero-order chi connectivity index (χ0) is 32.5. The molecule has 0 saturated carbocycles. The Labute approximate surface area is 265 Å². The van der Waals surface area contributed by atoms with E-state index in [0.717, 1.165) is 35.7 Å². The van der Waals surface area contributed by atoms with Crippen LogP contribution in [0.2, 0.25) is 0 Å². The van der Waals surface area contributed by atoms with Crippen molar-refractivity contribution in [3.05, 3.63) is 36.0 Å². The summed E-state index contributed by atoms with van der Waals surface area (Å²) in [5, 5.41) is 9.75. The van der Waals surface area contributed by atoms with Crippen molar-refractivity contribution in [1.82, 2.24) is 25.6 Å². The van der Waals surface area contributed by atoms with Crippen molar-refractivity contribution >= 4 is 40.3 Å². The summed E-state index contributed by atoms with van der Waals surface area (Å²) in [6.07, 6.45) is 8.07. The zero-order valence-electron chi connectivity index (χ0n) is 27.1. The topological polar surface area (TPSA) is 139 Å². The fourth-order valence-electron chi connectivity index (χ4n) is 6.38. The van der Waals surface area contributed by atoms with E-state index in [1.54, 1.807) is 22.9 Å². The number of para-hydroxylation sites is 1. The lowest BCUT2D eigenvalue weighted by molar-refractivity contribution is -0.147. The van der Waals surface area contributed by atoms with Crippen LogP contribution in [0, 0.1) is 5.92 Å². The smallest absolute Gasteiger partial charge is 0.246 e. The fraction of sp³-hybridized carbons (Fsp3) is 0.618. The molecular formula is C34H49N5O6. The van der Waals surface area contributed by atoms with E-state index in [0.29, 0.717) is 51.5 Å². The number of carbonyl (C=O) groups is 5. The average molecular weight is 624 g/mol. The lowest BCUT2D eigenvalue weighted by Gasteiger charge is -2.39. The van der Waals surface area contributed by atoms with Crippen molar-refractivity contribution in [3.8, 4) is 0 Å². The molecule has 246 valence electrons. The van der Waals surface area contributed by atoms with Gasteiger partial charge in [-0.3, -0.25) is 24.0 Å². The average Bonchev–Trinajstić information content (AvgIpc) is 3.41. The highest BCUT2D eigenvalue weighted by Crippen LogP contribution is 2.24. The zero-order valence-corrected chi connectivity index (χ0v) is 27.1. The molecular weight excluding hydrogens is 574 g/mol. The molecule has 2 fully saturated rings. The van der Waals surface area contributed by atoms with Crippen LogP contribution in [-0.4, -0.2) is 76.9 Å². The fourth-order valence-corrected chi connectivity index (χ4v) is 6.38. The van der Waals surface area contributed by atoms with E-state index < -0.39 is 36.0 Å². The van der Waals surface area contributed by atoms with Crippen LogP contribution in [0.25, 0.3) is 10.9 Å². The first-order chi connectivity index (χ1) is 21.7. The molecule has 11 nitrogen and oxygen atoms in total. The van der Waals surface area contributed by atoms with Crippen molar-refractivity contribution in [2.75, 3.05) is 13.7 Å². The van der Waals surface area contributed by atoms with E-state index in [9.17, 15) is 24.0 Å². The first-order valence-corrected chi connectivity index (χ1v) is 16.5. The molecule has 1 aromatic carbocycles. The molecule has 45 heavy (non-hydrogen) atoms. The first kappa shape index (κ1) is 34.0. The molecule has 3 heterocycles. The van der Waals surface area contributed by atoms with Gasteiger partial charge in [-0.15, -0.1) is 0 Å². The number of Topliss-reactive ketones (excluding diaryl/α,β-unsaturated/α-hetero) is 1. The van der Waals surface area contributed by atoms with Crippen LogP contribution < -0.4 is 20.8 Å². The molecule has 2 aliphatic heterocycles. The number of carbonyl (C=O) groups excluding carboxylic acids is 5. The molecule has 0 radical (unpaired) electrons.